The smallest absolute Gasteiger partial charge is 0.315 e. The van der Waals surface area contributed by atoms with Crippen molar-refractivity contribution in [3.05, 3.63) is 35.4 Å². The molecule has 5 nitrogen and oxygen atoms in total. The van der Waals surface area contributed by atoms with Gasteiger partial charge in [-0.15, -0.1) is 0 Å². The van der Waals surface area contributed by atoms with Crippen molar-refractivity contribution in [1.29, 1.82) is 0 Å². The third kappa shape index (κ3) is 5.66. The minimum atomic E-state index is -0.102. The molecule has 2 amide bonds. The fourth-order valence-corrected chi connectivity index (χ4v) is 2.42. The van der Waals surface area contributed by atoms with Gasteiger partial charge in [-0.05, 0) is 17.0 Å². The predicted octanol–water partition coefficient (Wildman–Crippen LogP) is 1.97. The van der Waals surface area contributed by atoms with Crippen LogP contribution in [0.4, 0.5) is 4.79 Å². The SMILES string of the molecule is CC(C)CNC(=O)NCc1ccccc1CN1CCOCC1. The van der Waals surface area contributed by atoms with Crippen LogP contribution in [0.2, 0.25) is 0 Å². The number of carbonyl (C=O) groups is 1. The number of nitrogens with one attached hydrogen (secondary N) is 2. The monoisotopic (exact) mass is 305 g/mol. The molecular formula is C17H27N3O2. The standard InChI is InChI=1S/C17H27N3O2/c1-14(2)11-18-17(21)19-12-15-5-3-4-6-16(15)13-20-7-9-22-10-8-20/h3-6,14H,7-13H2,1-2H3,(H2,18,19,21). The maximum Gasteiger partial charge on any atom is 0.315 e. The molecule has 0 aliphatic carbocycles. The van der Waals surface area contributed by atoms with E-state index in [1.165, 1.54) is 11.1 Å². The van der Waals surface area contributed by atoms with Crippen LogP contribution in [-0.2, 0) is 17.8 Å². The Morgan fingerprint density at radius 1 is 1.18 bits per heavy atom. The summed E-state index contributed by atoms with van der Waals surface area (Å²) < 4.78 is 5.39. The third-order valence-electron chi connectivity index (χ3n) is 3.73. The number of hydrogen-bond acceptors (Lipinski definition) is 3. The molecule has 1 heterocycles. The third-order valence-corrected chi connectivity index (χ3v) is 3.73. The molecule has 1 aromatic carbocycles. The molecule has 0 atom stereocenters. The molecule has 0 unspecified atom stereocenters. The van der Waals surface area contributed by atoms with Crippen LogP contribution in [0.3, 0.4) is 0 Å². The highest BCUT2D eigenvalue weighted by Gasteiger charge is 2.13. The highest BCUT2D eigenvalue weighted by Crippen LogP contribution is 2.12. The first-order valence-corrected chi connectivity index (χ1v) is 8.03. The van der Waals surface area contributed by atoms with Gasteiger partial charge >= 0.3 is 6.03 Å². The van der Waals surface area contributed by atoms with E-state index in [4.69, 9.17) is 4.74 Å². The van der Waals surface area contributed by atoms with Gasteiger partial charge in [-0.3, -0.25) is 4.90 Å². The van der Waals surface area contributed by atoms with Crippen molar-refractivity contribution in [1.82, 2.24) is 15.5 Å². The Hall–Kier alpha value is -1.59. The van der Waals surface area contributed by atoms with Gasteiger partial charge in [0.25, 0.3) is 0 Å². The lowest BCUT2D eigenvalue weighted by Crippen LogP contribution is -2.38. The molecule has 2 rings (SSSR count). The van der Waals surface area contributed by atoms with Crippen LogP contribution in [-0.4, -0.2) is 43.8 Å². The van der Waals surface area contributed by atoms with E-state index >= 15 is 0 Å². The Kier molecular flexibility index (Phi) is 6.68. The van der Waals surface area contributed by atoms with Crippen LogP contribution < -0.4 is 10.6 Å². The summed E-state index contributed by atoms with van der Waals surface area (Å²) in [7, 11) is 0. The molecule has 0 saturated carbocycles. The number of amides is 2. The maximum atomic E-state index is 11.8. The van der Waals surface area contributed by atoms with Crippen LogP contribution >= 0.6 is 0 Å². The van der Waals surface area contributed by atoms with Crippen molar-refractivity contribution < 1.29 is 9.53 Å². The minimum Gasteiger partial charge on any atom is -0.379 e. The van der Waals surface area contributed by atoms with Gasteiger partial charge in [-0.1, -0.05) is 38.1 Å². The first-order valence-electron chi connectivity index (χ1n) is 8.03. The number of rotatable bonds is 6. The summed E-state index contributed by atoms with van der Waals surface area (Å²) in [5, 5.41) is 5.81. The number of nitrogens with zero attached hydrogens (tertiary/aromatic N) is 1. The molecule has 0 radical (unpaired) electrons. The summed E-state index contributed by atoms with van der Waals surface area (Å²) in [5.74, 6) is 0.458. The lowest BCUT2D eigenvalue weighted by Gasteiger charge is -2.27. The Balaban J connectivity index is 1.86. The molecule has 0 spiro atoms. The highest BCUT2D eigenvalue weighted by atomic mass is 16.5. The second-order valence-corrected chi connectivity index (χ2v) is 6.11. The van der Waals surface area contributed by atoms with E-state index in [0.29, 0.717) is 19.0 Å². The molecule has 1 aromatic rings. The van der Waals surface area contributed by atoms with Gasteiger partial charge in [0.2, 0.25) is 0 Å². The number of carbonyl (C=O) groups excluding carboxylic acids is 1. The lowest BCUT2D eigenvalue weighted by molar-refractivity contribution is 0.0341. The normalized spacial score (nSPS) is 15.8. The molecule has 2 N–H and O–H groups in total. The van der Waals surface area contributed by atoms with Crippen molar-refractivity contribution in [3.63, 3.8) is 0 Å². The van der Waals surface area contributed by atoms with E-state index in [1.54, 1.807) is 0 Å². The molecule has 1 saturated heterocycles. The molecule has 1 aliphatic heterocycles. The van der Waals surface area contributed by atoms with E-state index in [2.05, 4.69) is 47.6 Å². The number of morpholine rings is 1. The number of urea groups is 1. The second-order valence-electron chi connectivity index (χ2n) is 6.11. The van der Waals surface area contributed by atoms with Gasteiger partial charge in [-0.2, -0.15) is 0 Å². The van der Waals surface area contributed by atoms with Crippen LogP contribution in [0.5, 0.6) is 0 Å². The Bertz CT molecular complexity index is 471. The van der Waals surface area contributed by atoms with Gasteiger partial charge < -0.3 is 15.4 Å². The first kappa shape index (κ1) is 16.8. The largest absolute Gasteiger partial charge is 0.379 e. The van der Waals surface area contributed by atoms with E-state index in [0.717, 1.165) is 32.8 Å². The van der Waals surface area contributed by atoms with Crippen LogP contribution in [0.1, 0.15) is 25.0 Å². The zero-order chi connectivity index (χ0) is 15.8. The van der Waals surface area contributed by atoms with E-state index < -0.39 is 0 Å². The van der Waals surface area contributed by atoms with Crippen molar-refractivity contribution in [2.24, 2.45) is 5.92 Å². The van der Waals surface area contributed by atoms with Gasteiger partial charge in [0.05, 0.1) is 13.2 Å². The lowest BCUT2D eigenvalue weighted by atomic mass is 10.1. The number of hydrogen-bond donors (Lipinski definition) is 2. The quantitative estimate of drug-likeness (QED) is 0.845. The summed E-state index contributed by atoms with van der Waals surface area (Å²) in [5.41, 5.74) is 2.45. The molecule has 0 bridgehead atoms. The van der Waals surface area contributed by atoms with E-state index in [-0.39, 0.29) is 6.03 Å². The zero-order valence-electron chi connectivity index (χ0n) is 13.6. The molecule has 122 valence electrons. The summed E-state index contributed by atoms with van der Waals surface area (Å²) in [6.45, 7) is 9.87. The summed E-state index contributed by atoms with van der Waals surface area (Å²) in [4.78, 5) is 14.2. The topological polar surface area (TPSA) is 53.6 Å². The van der Waals surface area contributed by atoms with Crippen LogP contribution in [0, 0.1) is 5.92 Å². The average molecular weight is 305 g/mol. The number of benzene rings is 1. The fraction of sp³-hybridized carbons (Fsp3) is 0.588. The Morgan fingerprint density at radius 2 is 1.86 bits per heavy atom. The molecule has 1 aliphatic rings. The van der Waals surface area contributed by atoms with Crippen LogP contribution in [0.15, 0.2) is 24.3 Å². The Morgan fingerprint density at radius 3 is 2.55 bits per heavy atom. The van der Waals surface area contributed by atoms with Crippen molar-refractivity contribution in [2.75, 3.05) is 32.8 Å². The fourth-order valence-electron chi connectivity index (χ4n) is 2.42. The van der Waals surface area contributed by atoms with E-state index in [9.17, 15) is 4.79 Å². The molecular weight excluding hydrogens is 278 g/mol. The van der Waals surface area contributed by atoms with Crippen molar-refractivity contribution >= 4 is 6.03 Å². The summed E-state index contributed by atoms with van der Waals surface area (Å²) >= 11 is 0. The molecule has 1 fully saturated rings. The van der Waals surface area contributed by atoms with Gasteiger partial charge in [0.1, 0.15) is 0 Å². The summed E-state index contributed by atoms with van der Waals surface area (Å²) in [6.07, 6.45) is 0. The second kappa shape index (κ2) is 8.76. The van der Waals surface area contributed by atoms with Gasteiger partial charge in [0.15, 0.2) is 0 Å². The molecule has 5 heteroatoms. The van der Waals surface area contributed by atoms with E-state index in [1.807, 2.05) is 6.07 Å². The van der Waals surface area contributed by atoms with Crippen LogP contribution in [0.25, 0.3) is 0 Å². The highest BCUT2D eigenvalue weighted by molar-refractivity contribution is 5.73. The van der Waals surface area contributed by atoms with Gasteiger partial charge in [0, 0.05) is 32.7 Å². The van der Waals surface area contributed by atoms with Crippen molar-refractivity contribution in [2.45, 2.75) is 26.9 Å². The predicted molar refractivity (Wildman–Crippen MR) is 87.6 cm³/mol. The van der Waals surface area contributed by atoms with Crippen molar-refractivity contribution in [3.8, 4) is 0 Å². The number of ether oxygens (including phenoxy) is 1. The average Bonchev–Trinajstić information content (AvgIpc) is 2.53. The zero-order valence-corrected chi connectivity index (χ0v) is 13.6. The first-order chi connectivity index (χ1) is 10.6. The molecule has 22 heavy (non-hydrogen) atoms. The molecule has 0 aromatic heterocycles. The minimum absolute atomic E-state index is 0.102. The van der Waals surface area contributed by atoms with Gasteiger partial charge in [-0.25, -0.2) is 4.79 Å². The maximum absolute atomic E-state index is 11.8. The summed E-state index contributed by atoms with van der Waals surface area (Å²) in [6, 6.07) is 8.19. The Labute approximate surface area is 133 Å².